The van der Waals surface area contributed by atoms with Crippen molar-refractivity contribution in [1.82, 2.24) is 14.7 Å². The number of amides is 2. The molecule has 0 radical (unpaired) electrons. The molecular formula is C21H19F3N4O3. The van der Waals surface area contributed by atoms with E-state index in [9.17, 15) is 27.6 Å². The molecule has 1 aromatic carbocycles. The molecule has 0 saturated heterocycles. The highest BCUT2D eigenvalue weighted by Gasteiger charge is 2.41. The lowest BCUT2D eigenvalue weighted by atomic mass is 10.1. The van der Waals surface area contributed by atoms with Crippen LogP contribution in [-0.2, 0) is 11.0 Å². The number of imidazole rings is 1. The Labute approximate surface area is 175 Å². The molecule has 2 N–H and O–H groups in total. The van der Waals surface area contributed by atoms with Crippen LogP contribution in [0.5, 0.6) is 0 Å². The summed E-state index contributed by atoms with van der Waals surface area (Å²) in [6.07, 6.45) is -3.87. The van der Waals surface area contributed by atoms with Gasteiger partial charge in [-0.3, -0.25) is 18.8 Å². The predicted octanol–water partition coefficient (Wildman–Crippen LogP) is 3.70. The van der Waals surface area contributed by atoms with Crippen LogP contribution in [0, 0.1) is 0 Å². The number of aromatic nitrogens is 2. The number of benzene rings is 1. The second-order valence-electron chi connectivity index (χ2n) is 7.80. The van der Waals surface area contributed by atoms with Crippen LogP contribution in [-0.4, -0.2) is 32.5 Å². The Bertz CT molecular complexity index is 1160. The number of halogens is 3. The van der Waals surface area contributed by atoms with Gasteiger partial charge in [0.25, 0.3) is 17.6 Å². The number of carbonyl (C=O) groups is 3. The zero-order valence-electron chi connectivity index (χ0n) is 16.9. The number of alkyl halides is 3. The van der Waals surface area contributed by atoms with Crippen molar-refractivity contribution in [3.05, 3.63) is 65.6 Å². The molecule has 3 aromatic rings. The first-order valence-electron chi connectivity index (χ1n) is 9.19. The van der Waals surface area contributed by atoms with Crippen molar-refractivity contribution in [2.75, 3.05) is 5.32 Å². The molecule has 0 aliphatic carbocycles. The quantitative estimate of drug-likeness (QED) is 0.486. The Morgan fingerprint density at radius 2 is 1.65 bits per heavy atom. The SMILES string of the molecule is CC(C)(C)NC(=O)C(=O)c1c(C(F)(F)F)nc2cc(C(=O)Nc3ccccc3)ccn12. The molecule has 0 aliphatic rings. The van der Waals surface area contributed by atoms with Crippen LogP contribution in [0.3, 0.4) is 0 Å². The first kappa shape index (κ1) is 22.0. The number of Topliss-reactive ketones (excluding diaryl/α,β-unsaturated/α-hetero) is 1. The molecule has 0 saturated carbocycles. The van der Waals surface area contributed by atoms with E-state index in [0.29, 0.717) is 5.69 Å². The van der Waals surface area contributed by atoms with Gasteiger partial charge in [0.05, 0.1) is 0 Å². The van der Waals surface area contributed by atoms with Crippen molar-refractivity contribution in [3.63, 3.8) is 0 Å². The summed E-state index contributed by atoms with van der Waals surface area (Å²) in [6, 6.07) is 10.8. The number of hydrogen-bond acceptors (Lipinski definition) is 4. The molecule has 10 heteroatoms. The number of carbonyl (C=O) groups excluding carboxylic acids is 3. The summed E-state index contributed by atoms with van der Waals surface area (Å²) >= 11 is 0. The lowest BCUT2D eigenvalue weighted by Crippen LogP contribution is -2.44. The maximum Gasteiger partial charge on any atom is 0.435 e. The van der Waals surface area contributed by atoms with Crippen molar-refractivity contribution < 1.29 is 27.6 Å². The fourth-order valence-corrected chi connectivity index (χ4v) is 2.83. The van der Waals surface area contributed by atoms with Crippen LogP contribution in [0.25, 0.3) is 5.65 Å². The van der Waals surface area contributed by atoms with E-state index in [-0.39, 0.29) is 11.2 Å². The summed E-state index contributed by atoms with van der Waals surface area (Å²) < 4.78 is 41.5. The van der Waals surface area contributed by atoms with E-state index in [1.54, 1.807) is 51.1 Å². The molecule has 2 heterocycles. The Hall–Kier alpha value is -3.69. The zero-order valence-corrected chi connectivity index (χ0v) is 16.9. The Balaban J connectivity index is 2.03. The first-order valence-corrected chi connectivity index (χ1v) is 9.19. The number of para-hydroxylation sites is 1. The zero-order chi connectivity index (χ0) is 23.0. The van der Waals surface area contributed by atoms with E-state index in [1.807, 2.05) is 0 Å². The third kappa shape index (κ3) is 4.90. The molecule has 7 nitrogen and oxygen atoms in total. The summed E-state index contributed by atoms with van der Waals surface area (Å²) in [6.45, 7) is 4.78. The second kappa shape index (κ2) is 7.86. The smallest absolute Gasteiger partial charge is 0.345 e. The van der Waals surface area contributed by atoms with E-state index < -0.39 is 40.7 Å². The number of hydrogen-bond donors (Lipinski definition) is 2. The van der Waals surface area contributed by atoms with E-state index in [0.717, 1.165) is 16.7 Å². The highest BCUT2D eigenvalue weighted by molar-refractivity contribution is 6.42. The number of ketones is 1. The van der Waals surface area contributed by atoms with Gasteiger partial charge in [0.1, 0.15) is 11.3 Å². The van der Waals surface area contributed by atoms with Crippen molar-refractivity contribution in [2.45, 2.75) is 32.5 Å². The Morgan fingerprint density at radius 1 is 1.00 bits per heavy atom. The fraction of sp³-hybridized carbons (Fsp3) is 0.238. The molecule has 0 bridgehead atoms. The molecule has 0 unspecified atom stereocenters. The van der Waals surface area contributed by atoms with Crippen LogP contribution in [0.4, 0.5) is 18.9 Å². The van der Waals surface area contributed by atoms with Crippen molar-refractivity contribution >= 4 is 28.9 Å². The second-order valence-corrected chi connectivity index (χ2v) is 7.80. The Morgan fingerprint density at radius 3 is 2.23 bits per heavy atom. The van der Waals surface area contributed by atoms with Gasteiger partial charge in [0, 0.05) is 23.0 Å². The summed E-state index contributed by atoms with van der Waals surface area (Å²) in [5, 5.41) is 4.96. The largest absolute Gasteiger partial charge is 0.435 e. The number of pyridine rings is 1. The van der Waals surface area contributed by atoms with Gasteiger partial charge in [-0.25, -0.2) is 4.98 Å². The van der Waals surface area contributed by atoms with Gasteiger partial charge in [-0.2, -0.15) is 13.2 Å². The first-order chi connectivity index (χ1) is 14.4. The van der Waals surface area contributed by atoms with E-state index in [4.69, 9.17) is 0 Å². The molecular weight excluding hydrogens is 413 g/mol. The maximum atomic E-state index is 13.6. The van der Waals surface area contributed by atoms with Gasteiger partial charge in [0.15, 0.2) is 5.69 Å². The van der Waals surface area contributed by atoms with Gasteiger partial charge in [-0.05, 0) is 45.0 Å². The number of anilines is 1. The number of fused-ring (bicyclic) bond motifs is 1. The van der Waals surface area contributed by atoms with Crippen LogP contribution in [0.2, 0.25) is 0 Å². The Kier molecular flexibility index (Phi) is 5.58. The average molecular weight is 432 g/mol. The molecule has 2 amide bonds. The minimum Gasteiger partial charge on any atom is -0.345 e. The van der Waals surface area contributed by atoms with Crippen molar-refractivity contribution in [3.8, 4) is 0 Å². The molecule has 162 valence electrons. The van der Waals surface area contributed by atoms with E-state index in [2.05, 4.69) is 15.6 Å². The standard InChI is InChI=1S/C21H19F3N4O3/c1-20(2,3)27-19(31)16(29)15-17(21(22,23)24)26-14-11-12(9-10-28(14)15)18(30)25-13-7-5-4-6-8-13/h4-11H,1-3H3,(H,25,30)(H,27,31). The van der Waals surface area contributed by atoms with Gasteiger partial charge >= 0.3 is 6.18 Å². The number of nitrogens with one attached hydrogen (secondary N) is 2. The predicted molar refractivity (Wildman–Crippen MR) is 107 cm³/mol. The van der Waals surface area contributed by atoms with Gasteiger partial charge in [-0.15, -0.1) is 0 Å². The molecule has 3 rings (SSSR count). The molecule has 0 fully saturated rings. The van der Waals surface area contributed by atoms with Crippen LogP contribution < -0.4 is 10.6 Å². The summed E-state index contributed by atoms with van der Waals surface area (Å²) in [5.74, 6) is -3.13. The normalized spacial score (nSPS) is 11.9. The third-order valence-electron chi connectivity index (χ3n) is 4.10. The summed E-state index contributed by atoms with van der Waals surface area (Å²) in [4.78, 5) is 40.7. The van der Waals surface area contributed by atoms with Crippen molar-refractivity contribution in [2.24, 2.45) is 0 Å². The molecule has 0 atom stereocenters. The minimum atomic E-state index is -4.98. The highest BCUT2D eigenvalue weighted by atomic mass is 19.4. The summed E-state index contributed by atoms with van der Waals surface area (Å²) in [5.41, 5.74) is -3.00. The lowest BCUT2D eigenvalue weighted by molar-refractivity contribution is -0.141. The average Bonchev–Trinajstić information content (AvgIpc) is 3.06. The van der Waals surface area contributed by atoms with Crippen molar-refractivity contribution in [1.29, 1.82) is 0 Å². The lowest BCUT2D eigenvalue weighted by Gasteiger charge is -2.19. The molecule has 0 spiro atoms. The van der Waals surface area contributed by atoms with Crippen LogP contribution in [0.15, 0.2) is 48.7 Å². The number of nitrogens with zero attached hydrogens (tertiary/aromatic N) is 2. The minimum absolute atomic E-state index is 0.0354. The topological polar surface area (TPSA) is 92.6 Å². The van der Waals surface area contributed by atoms with Crippen LogP contribution in [0.1, 0.15) is 47.3 Å². The van der Waals surface area contributed by atoms with E-state index in [1.165, 1.54) is 6.07 Å². The van der Waals surface area contributed by atoms with Gasteiger partial charge in [0.2, 0.25) is 0 Å². The third-order valence-corrected chi connectivity index (χ3v) is 4.10. The highest BCUT2D eigenvalue weighted by Crippen LogP contribution is 2.32. The molecule has 31 heavy (non-hydrogen) atoms. The summed E-state index contributed by atoms with van der Waals surface area (Å²) in [7, 11) is 0. The molecule has 0 aliphatic heterocycles. The van der Waals surface area contributed by atoms with Crippen LogP contribution >= 0.6 is 0 Å². The molecule has 2 aromatic heterocycles. The fourth-order valence-electron chi connectivity index (χ4n) is 2.83. The number of rotatable bonds is 4. The van der Waals surface area contributed by atoms with Gasteiger partial charge in [-0.1, -0.05) is 18.2 Å². The maximum absolute atomic E-state index is 13.6. The van der Waals surface area contributed by atoms with Gasteiger partial charge < -0.3 is 10.6 Å². The van der Waals surface area contributed by atoms with E-state index >= 15 is 0 Å². The monoisotopic (exact) mass is 432 g/mol.